The molecule has 2 aliphatic rings. The Morgan fingerprint density at radius 2 is 1.88 bits per heavy atom. The summed E-state index contributed by atoms with van der Waals surface area (Å²) in [6.45, 7) is 5.68. The number of hydrogen-bond donors (Lipinski definition) is 1. The molecule has 7 heteroatoms. The Bertz CT molecular complexity index is 819. The lowest BCUT2D eigenvalue weighted by Crippen LogP contribution is -2.46. The summed E-state index contributed by atoms with van der Waals surface area (Å²) in [5.41, 5.74) is 7.18. The third-order valence-corrected chi connectivity index (χ3v) is 7.66. The SMILES string of the molecule is CC(F)(F)c1cccc(N2CCN(CCCC3CCC(C(N)C(=O)CCCC#N)CC3)CC2)c1. The van der Waals surface area contributed by atoms with E-state index in [0.29, 0.717) is 25.2 Å². The van der Waals surface area contributed by atoms with E-state index in [9.17, 15) is 13.6 Å². The number of nitrogens with zero attached hydrogens (tertiary/aromatic N) is 3. The van der Waals surface area contributed by atoms with Gasteiger partial charge in [0.15, 0.2) is 0 Å². The minimum Gasteiger partial charge on any atom is -0.369 e. The Hall–Kier alpha value is -2.04. The Balaban J connectivity index is 1.32. The van der Waals surface area contributed by atoms with Crippen molar-refractivity contribution in [2.45, 2.75) is 76.7 Å². The molecular formula is C27H40F2N4O. The van der Waals surface area contributed by atoms with Gasteiger partial charge in [0.2, 0.25) is 0 Å². The first-order valence-corrected chi connectivity index (χ1v) is 12.9. The highest BCUT2D eigenvalue weighted by atomic mass is 19.3. The molecular weight excluding hydrogens is 434 g/mol. The number of piperazine rings is 1. The van der Waals surface area contributed by atoms with Gasteiger partial charge in [-0.15, -0.1) is 0 Å². The third kappa shape index (κ3) is 7.74. The second kappa shape index (κ2) is 12.6. The molecule has 1 unspecified atom stereocenters. The maximum atomic E-state index is 13.7. The van der Waals surface area contributed by atoms with Gasteiger partial charge in [0.05, 0.1) is 12.1 Å². The number of unbranched alkanes of at least 4 members (excludes halogenated alkanes) is 1. The fourth-order valence-electron chi connectivity index (χ4n) is 5.42. The fourth-order valence-corrected chi connectivity index (χ4v) is 5.42. The number of Topliss-reactive ketones (excluding diaryl/α,β-unsaturated/α-hetero) is 1. The molecule has 188 valence electrons. The van der Waals surface area contributed by atoms with Gasteiger partial charge < -0.3 is 10.6 Å². The van der Waals surface area contributed by atoms with Crippen molar-refractivity contribution in [1.82, 2.24) is 4.90 Å². The smallest absolute Gasteiger partial charge is 0.270 e. The molecule has 1 saturated carbocycles. The highest BCUT2D eigenvalue weighted by Gasteiger charge is 2.29. The first-order valence-electron chi connectivity index (χ1n) is 12.9. The Kier molecular flexibility index (Phi) is 9.85. The lowest BCUT2D eigenvalue weighted by molar-refractivity contribution is -0.121. The molecule has 3 rings (SSSR count). The van der Waals surface area contributed by atoms with Crippen LogP contribution in [0.1, 0.15) is 70.3 Å². The first-order chi connectivity index (χ1) is 16.3. The molecule has 0 spiro atoms. The number of ketones is 1. The van der Waals surface area contributed by atoms with Crippen LogP contribution in [0.25, 0.3) is 0 Å². The lowest BCUT2D eigenvalue weighted by Gasteiger charge is -2.37. The predicted octanol–water partition coefficient (Wildman–Crippen LogP) is 5.10. The molecule has 1 heterocycles. The molecule has 1 atom stereocenters. The van der Waals surface area contributed by atoms with Gasteiger partial charge in [-0.3, -0.25) is 9.69 Å². The third-order valence-electron chi connectivity index (χ3n) is 7.66. The van der Waals surface area contributed by atoms with Gasteiger partial charge in [-0.05, 0) is 62.6 Å². The summed E-state index contributed by atoms with van der Waals surface area (Å²) in [7, 11) is 0. The van der Waals surface area contributed by atoms with Crippen LogP contribution < -0.4 is 10.6 Å². The molecule has 1 saturated heterocycles. The zero-order valence-corrected chi connectivity index (χ0v) is 20.5. The van der Waals surface area contributed by atoms with Gasteiger partial charge >= 0.3 is 0 Å². The van der Waals surface area contributed by atoms with Crippen molar-refractivity contribution in [3.05, 3.63) is 29.8 Å². The summed E-state index contributed by atoms with van der Waals surface area (Å²) in [4.78, 5) is 16.9. The van der Waals surface area contributed by atoms with Crippen molar-refractivity contribution in [3.63, 3.8) is 0 Å². The minimum absolute atomic E-state index is 0.0754. The van der Waals surface area contributed by atoms with Crippen LogP contribution in [0.3, 0.4) is 0 Å². The average molecular weight is 475 g/mol. The van der Waals surface area contributed by atoms with Crippen molar-refractivity contribution in [2.24, 2.45) is 17.6 Å². The van der Waals surface area contributed by atoms with Crippen LogP contribution in [0.2, 0.25) is 0 Å². The number of nitriles is 1. The van der Waals surface area contributed by atoms with E-state index < -0.39 is 5.92 Å². The van der Waals surface area contributed by atoms with Crippen molar-refractivity contribution in [2.75, 3.05) is 37.6 Å². The molecule has 1 aliphatic carbocycles. The highest BCUT2D eigenvalue weighted by Crippen LogP contribution is 2.34. The number of alkyl halides is 2. The van der Waals surface area contributed by atoms with Crippen LogP contribution >= 0.6 is 0 Å². The molecule has 0 radical (unpaired) electrons. The molecule has 0 bridgehead atoms. The molecule has 1 aromatic carbocycles. The van der Waals surface area contributed by atoms with Crippen LogP contribution in [0.4, 0.5) is 14.5 Å². The minimum atomic E-state index is -2.81. The quantitative estimate of drug-likeness (QED) is 0.452. The molecule has 34 heavy (non-hydrogen) atoms. The normalized spacial score (nSPS) is 22.9. The second-order valence-electron chi connectivity index (χ2n) is 10.2. The molecule has 5 nitrogen and oxygen atoms in total. The zero-order chi connectivity index (χ0) is 24.6. The largest absolute Gasteiger partial charge is 0.369 e. The molecule has 1 aliphatic heterocycles. The van der Waals surface area contributed by atoms with E-state index in [1.165, 1.54) is 18.9 Å². The van der Waals surface area contributed by atoms with E-state index in [1.807, 2.05) is 6.07 Å². The Morgan fingerprint density at radius 1 is 1.18 bits per heavy atom. The van der Waals surface area contributed by atoms with E-state index in [4.69, 9.17) is 11.0 Å². The average Bonchev–Trinajstić information content (AvgIpc) is 2.84. The Morgan fingerprint density at radius 3 is 2.53 bits per heavy atom. The van der Waals surface area contributed by atoms with Crippen molar-refractivity contribution in [3.8, 4) is 6.07 Å². The summed E-state index contributed by atoms with van der Waals surface area (Å²) in [5, 5.41) is 8.62. The molecule has 2 fully saturated rings. The topological polar surface area (TPSA) is 73.4 Å². The van der Waals surface area contributed by atoms with Gasteiger partial charge in [-0.25, -0.2) is 8.78 Å². The number of hydrogen-bond acceptors (Lipinski definition) is 5. The van der Waals surface area contributed by atoms with Crippen molar-refractivity contribution in [1.29, 1.82) is 5.26 Å². The monoisotopic (exact) mass is 474 g/mol. The van der Waals surface area contributed by atoms with Crippen LogP contribution in [0.5, 0.6) is 0 Å². The second-order valence-corrected chi connectivity index (χ2v) is 10.2. The summed E-state index contributed by atoms with van der Waals surface area (Å²) in [6, 6.07) is 8.49. The van der Waals surface area contributed by atoms with Crippen LogP contribution in [0, 0.1) is 23.2 Å². The fraction of sp³-hybridized carbons (Fsp3) is 0.704. The number of carbonyl (C=O) groups is 1. The van der Waals surface area contributed by atoms with Crippen molar-refractivity contribution < 1.29 is 13.6 Å². The number of rotatable bonds is 11. The Labute approximate surface area is 203 Å². The number of anilines is 1. The maximum absolute atomic E-state index is 13.7. The van der Waals surface area contributed by atoms with Gasteiger partial charge in [0.25, 0.3) is 5.92 Å². The first kappa shape index (κ1) is 26.6. The van der Waals surface area contributed by atoms with Crippen molar-refractivity contribution >= 4 is 11.5 Å². The molecule has 0 amide bonds. The van der Waals surface area contributed by atoms with E-state index in [0.717, 1.165) is 76.9 Å². The molecule has 2 N–H and O–H groups in total. The van der Waals surface area contributed by atoms with E-state index in [-0.39, 0.29) is 17.4 Å². The van der Waals surface area contributed by atoms with Gasteiger partial charge in [0, 0.05) is 57.2 Å². The summed E-state index contributed by atoms with van der Waals surface area (Å²) in [5.74, 6) is -1.68. The van der Waals surface area contributed by atoms with Gasteiger partial charge in [-0.1, -0.05) is 25.0 Å². The maximum Gasteiger partial charge on any atom is 0.270 e. The van der Waals surface area contributed by atoms with Gasteiger partial charge in [0.1, 0.15) is 5.78 Å². The van der Waals surface area contributed by atoms with Gasteiger partial charge in [-0.2, -0.15) is 5.26 Å². The molecule has 1 aromatic rings. The highest BCUT2D eigenvalue weighted by molar-refractivity contribution is 5.84. The number of carbonyl (C=O) groups excluding carboxylic acids is 1. The van der Waals surface area contributed by atoms with E-state index >= 15 is 0 Å². The van der Waals surface area contributed by atoms with Crippen LogP contribution in [-0.2, 0) is 10.7 Å². The van der Waals surface area contributed by atoms with E-state index in [2.05, 4.69) is 15.9 Å². The number of benzene rings is 1. The molecule has 0 aromatic heterocycles. The number of halogens is 2. The van der Waals surface area contributed by atoms with Crippen LogP contribution in [0.15, 0.2) is 24.3 Å². The van der Waals surface area contributed by atoms with Crippen LogP contribution in [-0.4, -0.2) is 49.4 Å². The summed E-state index contributed by atoms with van der Waals surface area (Å²) >= 11 is 0. The lowest BCUT2D eigenvalue weighted by atomic mass is 9.76. The standard InChI is InChI=1S/C27H40F2N4O/c1-27(28,29)23-7-4-8-24(20-23)33-18-16-32(17-19-33)15-5-6-21-10-12-22(13-11-21)26(31)25(34)9-2-3-14-30/h4,7-8,20-22,26H,2-3,5-6,9-13,15-19,31H2,1H3. The summed E-state index contributed by atoms with van der Waals surface area (Å²) in [6.07, 6.45) is 8.22. The zero-order valence-electron chi connectivity index (χ0n) is 20.5. The number of nitrogens with two attached hydrogens (primary N) is 1. The summed E-state index contributed by atoms with van der Waals surface area (Å²) < 4.78 is 27.3. The predicted molar refractivity (Wildman–Crippen MR) is 132 cm³/mol. The van der Waals surface area contributed by atoms with E-state index in [1.54, 1.807) is 12.1 Å².